The van der Waals surface area contributed by atoms with Crippen LogP contribution < -0.4 is 0 Å². The normalized spacial score (nSPS) is 24.3. The standard InChI is InChI=1S/C15H21ClN2O3S2/c1-11-6-9-17(10-7-11)15(19)12-3-2-8-18(12)23(20,21)14-5-4-13(16)22-14/h4-5,11-12H,2-3,6-10H2,1H3. The maximum atomic E-state index is 12.8. The summed E-state index contributed by atoms with van der Waals surface area (Å²) in [4.78, 5) is 14.6. The summed E-state index contributed by atoms with van der Waals surface area (Å²) in [5.41, 5.74) is 0. The van der Waals surface area contributed by atoms with Crippen molar-refractivity contribution in [3.8, 4) is 0 Å². The fourth-order valence-corrected chi connectivity index (χ4v) is 6.53. The molecule has 2 aliphatic heterocycles. The number of hydrogen-bond acceptors (Lipinski definition) is 4. The fourth-order valence-electron chi connectivity index (χ4n) is 3.27. The molecule has 2 saturated heterocycles. The van der Waals surface area contributed by atoms with E-state index in [2.05, 4.69) is 6.92 Å². The van der Waals surface area contributed by atoms with E-state index in [-0.39, 0.29) is 10.1 Å². The van der Waals surface area contributed by atoms with Crippen molar-refractivity contribution in [3.63, 3.8) is 0 Å². The number of carbonyl (C=O) groups is 1. The van der Waals surface area contributed by atoms with Crippen LogP contribution >= 0.6 is 22.9 Å². The van der Waals surface area contributed by atoms with Crippen LogP contribution in [-0.4, -0.2) is 49.2 Å². The molecule has 3 rings (SSSR count). The van der Waals surface area contributed by atoms with Gasteiger partial charge in [0.05, 0.1) is 4.34 Å². The first-order valence-electron chi connectivity index (χ1n) is 7.95. The lowest BCUT2D eigenvalue weighted by Gasteiger charge is -2.34. The number of carbonyl (C=O) groups excluding carboxylic acids is 1. The number of sulfonamides is 1. The van der Waals surface area contributed by atoms with Crippen LogP contribution in [0.5, 0.6) is 0 Å². The molecule has 1 unspecified atom stereocenters. The molecule has 0 aromatic carbocycles. The topological polar surface area (TPSA) is 57.7 Å². The van der Waals surface area contributed by atoms with Crippen molar-refractivity contribution in [1.29, 1.82) is 0 Å². The summed E-state index contributed by atoms with van der Waals surface area (Å²) in [6.07, 6.45) is 3.31. The Labute approximate surface area is 146 Å². The Morgan fingerprint density at radius 1 is 1.22 bits per heavy atom. The number of likely N-dealkylation sites (tertiary alicyclic amines) is 1. The Kier molecular flexibility index (Phi) is 5.01. The Hall–Kier alpha value is -0.630. The first-order chi connectivity index (χ1) is 10.9. The van der Waals surface area contributed by atoms with Crippen molar-refractivity contribution in [2.75, 3.05) is 19.6 Å². The average Bonchev–Trinajstić information content (AvgIpc) is 3.16. The molecule has 1 aromatic heterocycles. The van der Waals surface area contributed by atoms with E-state index in [1.807, 2.05) is 4.90 Å². The van der Waals surface area contributed by atoms with Gasteiger partial charge in [-0.1, -0.05) is 18.5 Å². The molecule has 5 nitrogen and oxygen atoms in total. The predicted molar refractivity (Wildman–Crippen MR) is 91.2 cm³/mol. The van der Waals surface area contributed by atoms with Crippen LogP contribution in [0.2, 0.25) is 4.34 Å². The van der Waals surface area contributed by atoms with Gasteiger partial charge in [0, 0.05) is 19.6 Å². The highest BCUT2D eigenvalue weighted by atomic mass is 35.5. The summed E-state index contributed by atoms with van der Waals surface area (Å²) in [7, 11) is -3.64. The minimum Gasteiger partial charge on any atom is -0.341 e. The van der Waals surface area contributed by atoms with Gasteiger partial charge in [0.15, 0.2) is 0 Å². The van der Waals surface area contributed by atoms with Gasteiger partial charge in [0.25, 0.3) is 10.0 Å². The second kappa shape index (κ2) is 6.70. The van der Waals surface area contributed by atoms with Crippen LogP contribution in [0.1, 0.15) is 32.6 Å². The summed E-state index contributed by atoms with van der Waals surface area (Å²) in [5.74, 6) is 0.594. The minimum atomic E-state index is -3.64. The van der Waals surface area contributed by atoms with Crippen molar-refractivity contribution in [2.24, 2.45) is 5.92 Å². The molecular weight excluding hydrogens is 356 g/mol. The van der Waals surface area contributed by atoms with Gasteiger partial charge < -0.3 is 4.90 Å². The van der Waals surface area contributed by atoms with Crippen LogP contribution in [0.15, 0.2) is 16.3 Å². The Balaban J connectivity index is 1.78. The van der Waals surface area contributed by atoms with Crippen molar-refractivity contribution >= 4 is 38.9 Å². The fraction of sp³-hybridized carbons (Fsp3) is 0.667. The van der Waals surface area contributed by atoms with Crippen molar-refractivity contribution in [3.05, 3.63) is 16.5 Å². The highest BCUT2D eigenvalue weighted by Crippen LogP contribution is 2.33. The second-order valence-electron chi connectivity index (χ2n) is 6.34. The molecule has 1 aromatic rings. The minimum absolute atomic E-state index is 0.0411. The zero-order valence-corrected chi connectivity index (χ0v) is 15.5. The van der Waals surface area contributed by atoms with Gasteiger partial charge in [-0.05, 0) is 43.7 Å². The van der Waals surface area contributed by atoms with Gasteiger partial charge in [-0.3, -0.25) is 4.79 Å². The van der Waals surface area contributed by atoms with E-state index in [9.17, 15) is 13.2 Å². The molecule has 0 bridgehead atoms. The van der Waals surface area contributed by atoms with Crippen LogP contribution in [0.3, 0.4) is 0 Å². The lowest BCUT2D eigenvalue weighted by molar-refractivity contribution is -0.135. The maximum absolute atomic E-state index is 12.8. The predicted octanol–water partition coefficient (Wildman–Crippen LogP) is 2.81. The third-order valence-corrected chi connectivity index (χ3v) is 8.30. The summed E-state index contributed by atoms with van der Waals surface area (Å²) < 4.78 is 27.6. The molecule has 0 radical (unpaired) electrons. The van der Waals surface area contributed by atoms with E-state index in [0.29, 0.717) is 23.2 Å². The van der Waals surface area contributed by atoms with Crippen LogP contribution in [0.25, 0.3) is 0 Å². The SMILES string of the molecule is CC1CCN(C(=O)C2CCCN2S(=O)(=O)c2ccc(Cl)s2)CC1. The van der Waals surface area contributed by atoms with Gasteiger partial charge in [0.1, 0.15) is 10.3 Å². The smallest absolute Gasteiger partial charge is 0.253 e. The molecule has 1 amide bonds. The Morgan fingerprint density at radius 3 is 2.52 bits per heavy atom. The van der Waals surface area contributed by atoms with Crippen LogP contribution in [-0.2, 0) is 14.8 Å². The van der Waals surface area contributed by atoms with Crippen LogP contribution in [0.4, 0.5) is 0 Å². The number of thiophene rings is 1. The number of halogens is 1. The quantitative estimate of drug-likeness (QED) is 0.815. The van der Waals surface area contributed by atoms with E-state index in [1.54, 1.807) is 6.07 Å². The Bertz CT molecular complexity index is 681. The van der Waals surface area contributed by atoms with Crippen molar-refractivity contribution in [2.45, 2.75) is 42.9 Å². The lowest BCUT2D eigenvalue weighted by Crippen LogP contribution is -2.49. The highest BCUT2D eigenvalue weighted by molar-refractivity contribution is 7.91. The van der Waals surface area contributed by atoms with Gasteiger partial charge >= 0.3 is 0 Å². The lowest BCUT2D eigenvalue weighted by atomic mass is 9.98. The molecule has 0 saturated carbocycles. The number of piperidine rings is 1. The molecule has 128 valence electrons. The Morgan fingerprint density at radius 2 is 1.91 bits per heavy atom. The first kappa shape index (κ1) is 17.2. The van der Waals surface area contributed by atoms with Gasteiger partial charge in [0.2, 0.25) is 5.91 Å². The number of rotatable bonds is 3. The van der Waals surface area contributed by atoms with Gasteiger partial charge in [-0.25, -0.2) is 8.42 Å². The highest BCUT2D eigenvalue weighted by Gasteiger charge is 2.42. The summed E-state index contributed by atoms with van der Waals surface area (Å²) in [5, 5.41) is 0. The van der Waals surface area contributed by atoms with E-state index in [0.717, 1.165) is 43.7 Å². The first-order valence-corrected chi connectivity index (χ1v) is 10.6. The van der Waals surface area contributed by atoms with E-state index in [1.165, 1.54) is 10.4 Å². The number of amides is 1. The molecule has 8 heteroatoms. The summed E-state index contributed by atoms with van der Waals surface area (Å²) in [6.45, 7) is 4.05. The largest absolute Gasteiger partial charge is 0.341 e. The number of hydrogen-bond donors (Lipinski definition) is 0. The monoisotopic (exact) mass is 376 g/mol. The molecule has 0 aliphatic carbocycles. The summed E-state index contributed by atoms with van der Waals surface area (Å²) >= 11 is 6.91. The molecule has 1 atom stereocenters. The summed E-state index contributed by atoms with van der Waals surface area (Å²) in [6, 6.07) is 2.54. The van der Waals surface area contributed by atoms with E-state index >= 15 is 0 Å². The molecule has 0 N–H and O–H groups in total. The van der Waals surface area contributed by atoms with Gasteiger partial charge in [-0.2, -0.15) is 4.31 Å². The van der Waals surface area contributed by atoms with E-state index in [4.69, 9.17) is 11.6 Å². The molecule has 0 spiro atoms. The van der Waals surface area contributed by atoms with Crippen LogP contribution in [0, 0.1) is 5.92 Å². The van der Waals surface area contributed by atoms with E-state index < -0.39 is 16.1 Å². The zero-order valence-electron chi connectivity index (χ0n) is 13.1. The molecule has 3 heterocycles. The zero-order chi connectivity index (χ0) is 16.6. The maximum Gasteiger partial charge on any atom is 0.253 e. The molecular formula is C15H21ClN2O3S2. The molecule has 2 fully saturated rings. The molecule has 2 aliphatic rings. The average molecular weight is 377 g/mol. The second-order valence-corrected chi connectivity index (χ2v) is 10.2. The van der Waals surface area contributed by atoms with Crippen molar-refractivity contribution in [1.82, 2.24) is 9.21 Å². The third-order valence-electron chi connectivity index (χ3n) is 4.70. The third kappa shape index (κ3) is 3.43. The van der Waals surface area contributed by atoms with Crippen molar-refractivity contribution < 1.29 is 13.2 Å². The molecule has 23 heavy (non-hydrogen) atoms. The number of nitrogens with zero attached hydrogens (tertiary/aromatic N) is 2. The van der Waals surface area contributed by atoms with Gasteiger partial charge in [-0.15, -0.1) is 11.3 Å².